The molecule has 0 aliphatic rings. The molecule has 0 saturated heterocycles. The van der Waals surface area contributed by atoms with E-state index in [1.165, 1.54) is 5.56 Å². The Morgan fingerprint density at radius 3 is 2.29 bits per heavy atom. The summed E-state index contributed by atoms with van der Waals surface area (Å²) in [4.78, 5) is 11.9. The monoisotopic (exact) mass is 282 g/mol. The number of carbonyl (C=O) groups excluding carboxylic acids is 1. The van der Waals surface area contributed by atoms with Crippen molar-refractivity contribution in [2.45, 2.75) is 20.3 Å². The summed E-state index contributed by atoms with van der Waals surface area (Å²) < 4.78 is 0. The van der Waals surface area contributed by atoms with Crippen molar-refractivity contribution in [2.24, 2.45) is 0 Å². The molecule has 2 rings (SSSR count). The molecule has 2 aromatic carbocycles. The molecule has 21 heavy (non-hydrogen) atoms. The number of anilines is 1. The van der Waals surface area contributed by atoms with E-state index in [2.05, 4.69) is 22.8 Å². The minimum atomic E-state index is 0.0218. The van der Waals surface area contributed by atoms with Crippen molar-refractivity contribution in [1.82, 2.24) is 5.32 Å². The number of hydrogen-bond donors (Lipinski definition) is 2. The summed E-state index contributed by atoms with van der Waals surface area (Å²) in [5.74, 6) is 0.0218. The Hall–Kier alpha value is -2.29. The second-order valence-corrected chi connectivity index (χ2v) is 5.21. The molecule has 0 aromatic heterocycles. The smallest absolute Gasteiger partial charge is 0.239 e. The maximum Gasteiger partial charge on any atom is 0.239 e. The lowest BCUT2D eigenvalue weighted by molar-refractivity contribution is -0.119. The van der Waals surface area contributed by atoms with Crippen LogP contribution in [0.1, 0.15) is 16.7 Å². The third kappa shape index (κ3) is 4.63. The number of amides is 1. The van der Waals surface area contributed by atoms with E-state index >= 15 is 0 Å². The molecule has 0 aliphatic heterocycles. The molecule has 2 N–H and O–H groups in total. The first-order chi connectivity index (χ1) is 10.2. The number of nitrogens with one attached hydrogen (secondary N) is 2. The molecule has 0 aliphatic carbocycles. The number of rotatable bonds is 6. The summed E-state index contributed by atoms with van der Waals surface area (Å²) in [6.07, 6.45) is 0.857. The highest BCUT2D eigenvalue weighted by Gasteiger charge is 2.04. The van der Waals surface area contributed by atoms with Crippen LogP contribution in [-0.2, 0) is 11.2 Å². The van der Waals surface area contributed by atoms with Crippen LogP contribution in [0.4, 0.5) is 5.69 Å². The summed E-state index contributed by atoms with van der Waals surface area (Å²) in [7, 11) is 0. The Bertz CT molecular complexity index is 573. The zero-order valence-electron chi connectivity index (χ0n) is 12.6. The maximum atomic E-state index is 11.9. The zero-order chi connectivity index (χ0) is 15.1. The van der Waals surface area contributed by atoms with Gasteiger partial charge in [-0.15, -0.1) is 0 Å². The van der Waals surface area contributed by atoms with Gasteiger partial charge in [-0.05, 0) is 37.0 Å². The zero-order valence-corrected chi connectivity index (χ0v) is 12.6. The fourth-order valence-electron chi connectivity index (χ4n) is 2.32. The summed E-state index contributed by atoms with van der Waals surface area (Å²) in [6, 6.07) is 16.3. The van der Waals surface area contributed by atoms with Gasteiger partial charge in [-0.25, -0.2) is 0 Å². The molecule has 110 valence electrons. The number of para-hydroxylation sites is 1. The van der Waals surface area contributed by atoms with Gasteiger partial charge in [0.25, 0.3) is 0 Å². The number of aryl methyl sites for hydroxylation is 2. The highest BCUT2D eigenvalue weighted by Crippen LogP contribution is 2.18. The SMILES string of the molecule is Cc1cccc(C)c1NCC(=O)NCCc1ccccc1. The highest BCUT2D eigenvalue weighted by molar-refractivity contribution is 5.81. The van der Waals surface area contributed by atoms with Gasteiger partial charge in [-0.3, -0.25) is 4.79 Å². The molecule has 0 fully saturated rings. The summed E-state index contributed by atoms with van der Waals surface area (Å²) in [6.45, 7) is 5.06. The Morgan fingerprint density at radius 2 is 1.62 bits per heavy atom. The van der Waals surface area contributed by atoms with Crippen LogP contribution in [0.3, 0.4) is 0 Å². The van der Waals surface area contributed by atoms with Gasteiger partial charge < -0.3 is 10.6 Å². The van der Waals surface area contributed by atoms with Gasteiger partial charge in [-0.2, -0.15) is 0 Å². The van der Waals surface area contributed by atoms with E-state index in [9.17, 15) is 4.79 Å². The summed E-state index contributed by atoms with van der Waals surface area (Å²) in [5, 5.41) is 6.16. The molecule has 0 radical (unpaired) electrons. The first-order valence-electron chi connectivity index (χ1n) is 7.27. The van der Waals surface area contributed by atoms with Gasteiger partial charge in [-0.1, -0.05) is 48.5 Å². The Morgan fingerprint density at radius 1 is 0.952 bits per heavy atom. The highest BCUT2D eigenvalue weighted by atomic mass is 16.1. The molecule has 2 aromatic rings. The van der Waals surface area contributed by atoms with Crippen LogP contribution in [-0.4, -0.2) is 19.0 Å². The quantitative estimate of drug-likeness (QED) is 0.855. The van der Waals surface area contributed by atoms with E-state index < -0.39 is 0 Å². The van der Waals surface area contributed by atoms with Crippen molar-refractivity contribution in [3.63, 3.8) is 0 Å². The van der Waals surface area contributed by atoms with Gasteiger partial charge in [0.1, 0.15) is 0 Å². The molecule has 0 heterocycles. The predicted molar refractivity (Wildman–Crippen MR) is 87.6 cm³/mol. The van der Waals surface area contributed by atoms with Crippen molar-refractivity contribution in [1.29, 1.82) is 0 Å². The average molecular weight is 282 g/mol. The fraction of sp³-hybridized carbons (Fsp3) is 0.278. The normalized spacial score (nSPS) is 10.2. The van der Waals surface area contributed by atoms with E-state index in [1.54, 1.807) is 0 Å². The fourth-order valence-corrected chi connectivity index (χ4v) is 2.32. The minimum absolute atomic E-state index is 0.0218. The molecular weight excluding hydrogens is 260 g/mol. The Kier molecular flexibility index (Phi) is 5.38. The topological polar surface area (TPSA) is 41.1 Å². The standard InChI is InChI=1S/C18H22N2O/c1-14-7-6-8-15(2)18(14)20-13-17(21)19-12-11-16-9-4-3-5-10-16/h3-10,20H,11-13H2,1-2H3,(H,19,21). The van der Waals surface area contributed by atoms with Crippen molar-refractivity contribution in [3.05, 3.63) is 65.2 Å². The number of hydrogen-bond acceptors (Lipinski definition) is 2. The van der Waals surface area contributed by atoms with Crippen LogP contribution in [0.15, 0.2) is 48.5 Å². The molecule has 0 atom stereocenters. The molecule has 1 amide bonds. The maximum absolute atomic E-state index is 11.9. The van der Waals surface area contributed by atoms with E-state index in [0.29, 0.717) is 13.1 Å². The Labute approximate surface area is 126 Å². The molecule has 3 heteroatoms. The lowest BCUT2D eigenvalue weighted by Gasteiger charge is -2.12. The van der Waals surface area contributed by atoms with E-state index in [1.807, 2.05) is 50.2 Å². The second-order valence-electron chi connectivity index (χ2n) is 5.21. The average Bonchev–Trinajstić information content (AvgIpc) is 2.48. The lowest BCUT2D eigenvalue weighted by Crippen LogP contribution is -2.31. The largest absolute Gasteiger partial charge is 0.376 e. The predicted octanol–water partition coefficient (Wildman–Crippen LogP) is 3.07. The van der Waals surface area contributed by atoms with Crippen LogP contribution >= 0.6 is 0 Å². The van der Waals surface area contributed by atoms with Crippen LogP contribution in [0, 0.1) is 13.8 Å². The molecule has 0 saturated carbocycles. The third-order valence-electron chi connectivity index (χ3n) is 3.49. The number of carbonyl (C=O) groups is 1. The summed E-state index contributed by atoms with van der Waals surface area (Å²) in [5.41, 5.74) is 4.61. The lowest BCUT2D eigenvalue weighted by atomic mass is 10.1. The molecule has 0 spiro atoms. The molecule has 3 nitrogen and oxygen atoms in total. The van der Waals surface area contributed by atoms with Gasteiger partial charge in [0, 0.05) is 12.2 Å². The first kappa shape index (κ1) is 15.1. The van der Waals surface area contributed by atoms with Crippen LogP contribution < -0.4 is 10.6 Å². The van der Waals surface area contributed by atoms with E-state index in [4.69, 9.17) is 0 Å². The van der Waals surface area contributed by atoms with E-state index in [0.717, 1.165) is 23.2 Å². The minimum Gasteiger partial charge on any atom is -0.376 e. The van der Waals surface area contributed by atoms with Gasteiger partial charge >= 0.3 is 0 Å². The molecule has 0 unspecified atom stereocenters. The van der Waals surface area contributed by atoms with Crippen molar-refractivity contribution in [3.8, 4) is 0 Å². The van der Waals surface area contributed by atoms with Crippen molar-refractivity contribution < 1.29 is 4.79 Å². The van der Waals surface area contributed by atoms with E-state index in [-0.39, 0.29) is 5.91 Å². The molecular formula is C18H22N2O. The first-order valence-corrected chi connectivity index (χ1v) is 7.27. The number of benzene rings is 2. The van der Waals surface area contributed by atoms with Gasteiger partial charge in [0.05, 0.1) is 6.54 Å². The van der Waals surface area contributed by atoms with Crippen LogP contribution in [0.25, 0.3) is 0 Å². The van der Waals surface area contributed by atoms with Gasteiger partial charge in [0.2, 0.25) is 5.91 Å². The summed E-state index contributed by atoms with van der Waals surface area (Å²) >= 11 is 0. The third-order valence-corrected chi connectivity index (χ3v) is 3.49. The van der Waals surface area contributed by atoms with Gasteiger partial charge in [0.15, 0.2) is 0 Å². The van der Waals surface area contributed by atoms with Crippen LogP contribution in [0.2, 0.25) is 0 Å². The van der Waals surface area contributed by atoms with Crippen molar-refractivity contribution >= 4 is 11.6 Å². The van der Waals surface area contributed by atoms with Crippen molar-refractivity contribution in [2.75, 3.05) is 18.4 Å². The molecule has 0 bridgehead atoms. The second kappa shape index (κ2) is 7.48. The Balaban J connectivity index is 1.75. The van der Waals surface area contributed by atoms with Crippen LogP contribution in [0.5, 0.6) is 0 Å².